The second-order valence-corrected chi connectivity index (χ2v) is 44.3. The number of fused-ring (bicyclic) bond motifs is 18. The second-order valence-electron chi connectivity index (χ2n) is 44.3. The van der Waals surface area contributed by atoms with Crippen molar-refractivity contribution in [3.8, 4) is 77.3 Å². The van der Waals surface area contributed by atoms with Gasteiger partial charge in [-0.1, -0.05) is 186 Å². The Balaban J connectivity index is 0.0000000983. The van der Waals surface area contributed by atoms with E-state index < -0.39 is 28.0 Å². The van der Waals surface area contributed by atoms with Gasteiger partial charge in [0.15, 0.2) is 33.6 Å². The standard InChI is InChI=1S/C23H31NO2.C21H25NO2.C19H20N2O2.C19H23NO2.C18H19NO2.C17H19NO3/c1-2-3-4-5-6-7-8-9-12-18-15-19-17-23(20(18)16-22(25)26-23)21-13-10-11-14-24(19)21;23-20-13-18-16(9-5-8-15-6-1-2-7-15)12-17-14-21(18,24-20)19-10-3-4-11-22(17)19;20-9-5-2-1-3-7-14-11-15-13-19(16(14)12-18(22)23-19)17-8-4-6-10-21(15)17;1-18(2,3)8-7-13-10-14-12-19(15(13)11-17(21)22-19)16-6-4-5-9-20(14)16;20-17-10-15-13(7-6-12-4-5-12)9-14-11-18(15,21-17)16-3-1-2-8-19(14)16;1-2-20-8-6-12-9-13-11-17(14(12)10-16(19)21-17)15-5-3-4-7-18(13)15/h15-16,19,21H,2-8,10-11,13-14,17H2,1H3;12-13,15,17,19H,1-4,6-8,10-11,14H2;11-12,15,17H,1-2,4-6,8,10,13H2;10-11,14,16H,4-6,9,12H2,1-3H3;9-10,12,14,16H,1-5,8,11H2;9-10,13,15H,2-5,7,11H2,1H3/t19-,21-,23+;17-,19-,21+;15-,17-,19+;14-,16-,19+;14-,16-,18+;13-,15-,17+/m111111/s1. The van der Waals surface area contributed by atoms with Crippen LogP contribution < -0.4 is 0 Å². The van der Waals surface area contributed by atoms with E-state index in [9.17, 15) is 28.8 Å². The molecule has 0 aromatic heterocycles. The topological polar surface area (TPSA) is 210 Å². The van der Waals surface area contributed by atoms with Gasteiger partial charge >= 0.3 is 35.8 Å². The Bertz CT molecular complexity index is 5790. The molecule has 26 rings (SSSR count). The summed E-state index contributed by atoms with van der Waals surface area (Å²) in [7, 11) is 0. The number of hydrogen-bond acceptors (Lipinski definition) is 20. The second kappa shape index (κ2) is 38.6. The largest absolute Gasteiger partial charge is 0.449 e. The summed E-state index contributed by atoms with van der Waals surface area (Å²) in [6.45, 7) is 17.7. The average molecular weight is 1850 g/mol. The van der Waals surface area contributed by atoms with E-state index in [-0.39, 0.29) is 46.8 Å². The van der Waals surface area contributed by atoms with Crippen LogP contribution in [-0.2, 0) is 61.9 Å². The van der Waals surface area contributed by atoms with Crippen LogP contribution in [0.25, 0.3) is 0 Å². The summed E-state index contributed by atoms with van der Waals surface area (Å²) in [6.07, 6.45) is 73.2. The molecule has 0 amide bonds. The van der Waals surface area contributed by atoms with Gasteiger partial charge in [0.25, 0.3) is 0 Å². The number of ether oxygens (including phenoxy) is 7. The summed E-state index contributed by atoms with van der Waals surface area (Å²) in [5.41, 5.74) is 9.82. The van der Waals surface area contributed by atoms with Crippen LogP contribution in [0.5, 0.6) is 0 Å². The third-order valence-electron chi connectivity index (χ3n) is 34.8. The lowest BCUT2D eigenvalue weighted by atomic mass is 9.76. The van der Waals surface area contributed by atoms with Crippen molar-refractivity contribution < 1.29 is 61.9 Å². The van der Waals surface area contributed by atoms with Gasteiger partial charge in [0.2, 0.25) is 0 Å². The van der Waals surface area contributed by atoms with Gasteiger partial charge < -0.3 is 33.2 Å². The molecule has 26 aliphatic rings. The van der Waals surface area contributed by atoms with E-state index in [0.29, 0.717) is 91.4 Å². The van der Waals surface area contributed by atoms with Crippen LogP contribution in [0.15, 0.2) is 140 Å². The van der Waals surface area contributed by atoms with Crippen molar-refractivity contribution >= 4 is 35.8 Å². The van der Waals surface area contributed by atoms with E-state index in [1.165, 1.54) is 154 Å². The molecule has 12 saturated heterocycles. The highest BCUT2D eigenvalue weighted by atomic mass is 16.6. The fraction of sp³-hybridized carbons (Fsp3) is 0.632. The van der Waals surface area contributed by atoms with Crippen molar-refractivity contribution in [2.24, 2.45) is 17.3 Å². The van der Waals surface area contributed by atoms with Crippen molar-refractivity contribution in [2.75, 3.05) is 45.9 Å². The van der Waals surface area contributed by atoms with Crippen molar-refractivity contribution in [1.29, 1.82) is 5.26 Å². The zero-order valence-electron chi connectivity index (χ0n) is 81.4. The van der Waals surface area contributed by atoms with Crippen molar-refractivity contribution in [1.82, 2.24) is 29.4 Å². The Morgan fingerprint density at radius 1 is 0.343 bits per heavy atom. The predicted octanol–water partition coefficient (Wildman–Crippen LogP) is 17.1. The Kier molecular flexibility index (Phi) is 26.3. The molecule has 20 heteroatoms. The van der Waals surface area contributed by atoms with Crippen molar-refractivity contribution in [3.05, 3.63) is 140 Å². The lowest BCUT2D eigenvalue weighted by Crippen LogP contribution is -2.48. The number of piperidine rings is 6. The number of hydrogen-bond donors (Lipinski definition) is 0. The van der Waals surface area contributed by atoms with Gasteiger partial charge in [0.1, 0.15) is 6.11 Å². The summed E-state index contributed by atoms with van der Waals surface area (Å²) in [6, 6.07) is 6.44. The Hall–Kier alpha value is -9.89. The zero-order valence-corrected chi connectivity index (χ0v) is 81.4. The lowest BCUT2D eigenvalue weighted by Gasteiger charge is -2.38. The number of rotatable bonds is 10. The fourth-order valence-corrected chi connectivity index (χ4v) is 28.9. The zero-order chi connectivity index (χ0) is 94.0. The maximum absolute atomic E-state index is 12.1. The van der Waals surface area contributed by atoms with Crippen LogP contribution in [0.1, 0.15) is 298 Å². The highest BCUT2D eigenvalue weighted by Gasteiger charge is 2.68. The van der Waals surface area contributed by atoms with Crippen LogP contribution >= 0.6 is 0 Å². The van der Waals surface area contributed by atoms with Crippen LogP contribution in [0.3, 0.4) is 0 Å². The first-order chi connectivity index (χ1) is 66.6. The Morgan fingerprint density at radius 3 is 0.949 bits per heavy atom. The molecule has 18 aliphatic heterocycles. The van der Waals surface area contributed by atoms with Crippen molar-refractivity contribution in [2.45, 2.75) is 404 Å². The molecular weight excluding hydrogens is 1710 g/mol. The van der Waals surface area contributed by atoms with Gasteiger partial charge in [0, 0.05) is 215 Å². The number of carbonyl (C=O) groups excluding carboxylic acids is 6. The molecule has 0 aromatic rings. The van der Waals surface area contributed by atoms with E-state index in [1.54, 1.807) is 36.5 Å². The molecule has 20 nitrogen and oxygen atoms in total. The van der Waals surface area contributed by atoms with E-state index >= 15 is 0 Å². The molecule has 14 fully saturated rings. The van der Waals surface area contributed by atoms with E-state index in [4.69, 9.17) is 38.4 Å². The van der Waals surface area contributed by atoms with Gasteiger partial charge in [-0.25, -0.2) is 28.8 Å². The SMILES string of the molecule is CC(C)(C)C#CC1=C[C@@H]2C[C@@]3(OC(=O)C=C13)[C@H]1CCCCN21.CCCCCCCCC#CC1=C[C@@H]2C[C@@]3(OC(=O)C=C13)[C@H]1CCCCN21.CCOC#CC1=C[C@@H]2C[C@@]3(OC(=O)C=C13)[C@H]1CCCCN21.N#CCCCC#CC1=C[C@@H]2C[C@@]3(OC(=O)C=C13)[C@H]1CCCCN21.O=C1C=C2C(C#CC3CC3)=C[C@@H]3C[C@@]2(O1)[C@H]1CCCCN31.O=C1C=C2C(C#CCC3CCCC3)=C[C@@H]3C[C@@]2(O1)[C@H]1CCCCN31. The number of esters is 6. The number of nitriles is 1. The van der Waals surface area contributed by atoms with Gasteiger partial charge in [-0.15, -0.1) is 0 Å². The summed E-state index contributed by atoms with van der Waals surface area (Å²) in [4.78, 5) is 87.4. The van der Waals surface area contributed by atoms with E-state index in [1.807, 2.05) is 6.92 Å². The van der Waals surface area contributed by atoms with Crippen LogP contribution in [0.2, 0.25) is 0 Å². The van der Waals surface area contributed by atoms with E-state index in [0.717, 1.165) is 215 Å². The number of nitrogens with zero attached hydrogens (tertiary/aromatic N) is 7. The molecule has 8 aliphatic carbocycles. The smallest absolute Gasteiger partial charge is 0.332 e. The third kappa shape index (κ3) is 17.5. The minimum atomic E-state index is -0.451. The minimum absolute atomic E-state index is 0.0401. The summed E-state index contributed by atoms with van der Waals surface area (Å²) in [5.74, 6) is 36.8. The molecule has 718 valence electrons. The van der Waals surface area contributed by atoms with Crippen LogP contribution in [0.4, 0.5) is 0 Å². The van der Waals surface area contributed by atoms with Gasteiger partial charge in [-0.3, -0.25) is 29.4 Å². The Labute approximate surface area is 811 Å². The first kappa shape index (κ1) is 93.4. The van der Waals surface area contributed by atoms with Crippen LogP contribution in [0, 0.1) is 99.8 Å². The van der Waals surface area contributed by atoms with Crippen molar-refractivity contribution in [3.63, 3.8) is 0 Å². The fourth-order valence-electron chi connectivity index (χ4n) is 28.9. The molecule has 0 N–H and O–H groups in total. The average Bonchev–Trinajstić information content (AvgIpc) is 1.58. The molecule has 137 heavy (non-hydrogen) atoms. The Morgan fingerprint density at radius 2 is 0.635 bits per heavy atom. The van der Waals surface area contributed by atoms with Gasteiger partial charge in [-0.2, -0.15) is 5.26 Å². The maximum Gasteiger partial charge on any atom is 0.332 e. The summed E-state index contributed by atoms with van der Waals surface area (Å²) >= 11 is 0. The predicted molar refractivity (Wildman–Crippen MR) is 521 cm³/mol. The number of unbranched alkanes of at least 4 members (excludes halogenated alkanes) is 8. The van der Waals surface area contributed by atoms with E-state index in [2.05, 4.69) is 171 Å². The molecule has 18 atom stereocenters. The van der Waals surface area contributed by atoms with Crippen LogP contribution in [-0.4, -0.2) is 217 Å². The highest BCUT2D eigenvalue weighted by molar-refractivity contribution is 5.94. The first-order valence-electron chi connectivity index (χ1n) is 53.2. The molecule has 6 spiro atoms. The molecule has 2 saturated carbocycles. The number of carbonyl (C=O) groups is 6. The summed E-state index contributed by atoms with van der Waals surface area (Å²) in [5, 5.41) is 8.58. The molecule has 18 heterocycles. The molecule has 0 unspecified atom stereocenters. The highest BCUT2D eigenvalue weighted by Crippen LogP contribution is 2.61. The molecule has 12 bridgehead atoms. The molecule has 0 radical (unpaired) electrons. The minimum Gasteiger partial charge on any atom is -0.449 e. The lowest BCUT2D eigenvalue weighted by molar-refractivity contribution is -0.149. The van der Waals surface area contributed by atoms with Gasteiger partial charge in [0.05, 0.1) is 48.9 Å². The summed E-state index contributed by atoms with van der Waals surface area (Å²) < 4.78 is 40.5. The quantitative estimate of drug-likeness (QED) is 0.0861. The monoisotopic (exact) mass is 1850 g/mol. The molecule has 0 aromatic carbocycles. The maximum atomic E-state index is 12.1. The normalized spacial score (nSPS) is 36.2. The van der Waals surface area contributed by atoms with Gasteiger partial charge in [-0.05, 0) is 194 Å². The molecular formula is C117H137N7O13. The third-order valence-corrected chi connectivity index (χ3v) is 34.8. The first-order valence-corrected chi connectivity index (χ1v) is 53.2.